The van der Waals surface area contributed by atoms with Gasteiger partial charge in [-0.3, -0.25) is 4.79 Å². The Hall–Kier alpha value is -2.08. The molecule has 0 saturated carbocycles. The highest BCUT2D eigenvalue weighted by molar-refractivity contribution is 7.13. The molecular weight excluding hydrogens is 348 g/mol. The topological polar surface area (TPSA) is 51.7 Å². The number of rotatable bonds is 6. The van der Waals surface area contributed by atoms with Crippen LogP contribution in [0.1, 0.15) is 38.3 Å². The van der Waals surface area contributed by atoms with Crippen LogP contribution in [0.15, 0.2) is 23.6 Å². The molecule has 1 aromatic carbocycles. The number of hydrogen-bond donors (Lipinski definition) is 0. The molecule has 140 valence electrons. The maximum Gasteiger partial charge on any atom is 0.228 e. The number of carbonyl (C=O) groups is 1. The predicted molar refractivity (Wildman–Crippen MR) is 104 cm³/mol. The van der Waals surface area contributed by atoms with Crippen molar-refractivity contribution in [3.63, 3.8) is 0 Å². The molecule has 6 heteroatoms. The first-order valence-corrected chi connectivity index (χ1v) is 10.0. The molecule has 0 aliphatic carbocycles. The van der Waals surface area contributed by atoms with E-state index in [0.29, 0.717) is 24.0 Å². The maximum absolute atomic E-state index is 12.7. The van der Waals surface area contributed by atoms with Crippen LogP contribution >= 0.6 is 11.3 Å². The van der Waals surface area contributed by atoms with Gasteiger partial charge in [-0.15, -0.1) is 11.3 Å². The summed E-state index contributed by atoms with van der Waals surface area (Å²) >= 11 is 1.55. The van der Waals surface area contributed by atoms with Crippen LogP contribution in [0.25, 0.3) is 10.6 Å². The van der Waals surface area contributed by atoms with E-state index in [2.05, 4.69) is 16.8 Å². The van der Waals surface area contributed by atoms with Crippen molar-refractivity contribution in [1.29, 1.82) is 0 Å². The number of carbonyl (C=O) groups excluding carboxylic acids is 1. The van der Waals surface area contributed by atoms with Crippen LogP contribution < -0.4 is 9.47 Å². The Morgan fingerprint density at radius 2 is 2.08 bits per heavy atom. The zero-order valence-corrected chi connectivity index (χ0v) is 16.5. The van der Waals surface area contributed by atoms with Crippen molar-refractivity contribution < 1.29 is 14.3 Å². The minimum absolute atomic E-state index is 0.195. The first-order valence-electron chi connectivity index (χ1n) is 9.12. The summed E-state index contributed by atoms with van der Waals surface area (Å²) < 4.78 is 10.6. The van der Waals surface area contributed by atoms with Gasteiger partial charge in [-0.05, 0) is 43.9 Å². The van der Waals surface area contributed by atoms with E-state index >= 15 is 0 Å². The van der Waals surface area contributed by atoms with Gasteiger partial charge in [0.05, 0.1) is 26.3 Å². The molecule has 5 nitrogen and oxygen atoms in total. The summed E-state index contributed by atoms with van der Waals surface area (Å²) in [6, 6.07) is 6.14. The first-order chi connectivity index (χ1) is 12.7. The first kappa shape index (κ1) is 18.7. The average molecular weight is 375 g/mol. The number of hydrogen-bond acceptors (Lipinski definition) is 5. The Labute approximate surface area is 159 Å². The van der Waals surface area contributed by atoms with E-state index in [9.17, 15) is 4.79 Å². The molecule has 0 radical (unpaired) electrons. The molecule has 3 rings (SSSR count). The molecule has 0 N–H and O–H groups in total. The number of piperidine rings is 1. The number of thiazole rings is 1. The Morgan fingerprint density at radius 1 is 1.27 bits per heavy atom. The molecule has 1 atom stereocenters. The largest absolute Gasteiger partial charge is 0.493 e. The number of benzene rings is 1. The van der Waals surface area contributed by atoms with E-state index in [1.54, 1.807) is 25.6 Å². The van der Waals surface area contributed by atoms with Crippen LogP contribution in [0.2, 0.25) is 0 Å². The van der Waals surface area contributed by atoms with Gasteiger partial charge in [0.2, 0.25) is 5.91 Å². The summed E-state index contributed by atoms with van der Waals surface area (Å²) in [7, 11) is 3.24. The lowest BCUT2D eigenvalue weighted by atomic mass is 9.99. The van der Waals surface area contributed by atoms with Gasteiger partial charge < -0.3 is 14.4 Å². The molecule has 1 saturated heterocycles. The van der Waals surface area contributed by atoms with E-state index in [1.165, 1.54) is 6.42 Å². The van der Waals surface area contributed by atoms with E-state index < -0.39 is 0 Å². The zero-order chi connectivity index (χ0) is 18.5. The fraction of sp³-hybridized carbons (Fsp3) is 0.500. The van der Waals surface area contributed by atoms with E-state index in [4.69, 9.17) is 9.47 Å². The van der Waals surface area contributed by atoms with Crippen LogP contribution in [0, 0.1) is 0 Å². The van der Waals surface area contributed by atoms with Gasteiger partial charge >= 0.3 is 0 Å². The fourth-order valence-electron chi connectivity index (χ4n) is 3.50. The molecule has 2 heterocycles. The fourth-order valence-corrected chi connectivity index (χ4v) is 4.32. The lowest BCUT2D eigenvalue weighted by molar-refractivity contribution is -0.134. The van der Waals surface area contributed by atoms with Crippen molar-refractivity contribution in [3.8, 4) is 22.1 Å². The van der Waals surface area contributed by atoms with Crippen molar-refractivity contribution in [2.45, 2.75) is 45.1 Å². The summed E-state index contributed by atoms with van der Waals surface area (Å²) in [6.45, 7) is 3.04. The summed E-state index contributed by atoms with van der Waals surface area (Å²) in [4.78, 5) is 19.4. The van der Waals surface area contributed by atoms with E-state index in [0.717, 1.165) is 42.1 Å². The normalized spacial score (nSPS) is 17.2. The molecular formula is C20H26N2O3S. The molecule has 0 spiro atoms. The predicted octanol–water partition coefficient (Wildman–Crippen LogP) is 4.16. The summed E-state index contributed by atoms with van der Waals surface area (Å²) in [6.07, 6.45) is 4.86. The molecule has 1 aromatic heterocycles. The number of amides is 1. The van der Waals surface area contributed by atoms with Crippen molar-refractivity contribution in [2.24, 2.45) is 0 Å². The molecule has 0 bridgehead atoms. The molecule has 26 heavy (non-hydrogen) atoms. The maximum atomic E-state index is 12.7. The molecule has 1 amide bonds. The second kappa shape index (κ2) is 8.54. The van der Waals surface area contributed by atoms with Gasteiger partial charge in [-0.25, -0.2) is 4.98 Å². The smallest absolute Gasteiger partial charge is 0.228 e. The zero-order valence-electron chi connectivity index (χ0n) is 15.7. The lowest BCUT2D eigenvalue weighted by Gasteiger charge is -2.35. The minimum Gasteiger partial charge on any atom is -0.493 e. The number of likely N-dealkylation sites (tertiary alicyclic amines) is 1. The standard InChI is InChI=1S/C20H26N2O3S/c1-4-16-7-5-6-10-22(16)19(23)12-15-13-26-20(21-15)14-8-9-17(24-2)18(11-14)25-3/h8-9,11,13,16H,4-7,10,12H2,1-3H3. The SMILES string of the molecule is CCC1CCCCN1C(=O)Cc1csc(-c2ccc(OC)c(OC)c2)n1. The quantitative estimate of drug-likeness (QED) is 0.762. The third-order valence-corrected chi connectivity index (χ3v) is 5.87. The highest BCUT2D eigenvalue weighted by atomic mass is 32.1. The highest BCUT2D eigenvalue weighted by Crippen LogP contribution is 2.33. The molecule has 1 fully saturated rings. The average Bonchev–Trinajstić information content (AvgIpc) is 3.15. The Balaban J connectivity index is 1.72. The van der Waals surface area contributed by atoms with Crippen molar-refractivity contribution in [3.05, 3.63) is 29.3 Å². The monoisotopic (exact) mass is 374 g/mol. The van der Waals surface area contributed by atoms with Crippen molar-refractivity contribution >= 4 is 17.2 Å². The van der Waals surface area contributed by atoms with Gasteiger partial charge in [-0.2, -0.15) is 0 Å². The van der Waals surface area contributed by atoms with Crippen LogP contribution in [-0.2, 0) is 11.2 Å². The summed E-state index contributed by atoms with van der Waals surface area (Å²) in [5.41, 5.74) is 1.81. The van der Waals surface area contributed by atoms with Gasteiger partial charge in [0.15, 0.2) is 11.5 Å². The summed E-state index contributed by atoms with van der Waals surface area (Å²) in [5, 5.41) is 2.87. The van der Waals surface area contributed by atoms with Gasteiger partial charge in [0, 0.05) is 23.5 Å². The number of nitrogens with zero attached hydrogens (tertiary/aromatic N) is 2. The molecule has 1 aliphatic heterocycles. The molecule has 2 aromatic rings. The van der Waals surface area contributed by atoms with Gasteiger partial charge in [0.25, 0.3) is 0 Å². The Morgan fingerprint density at radius 3 is 2.81 bits per heavy atom. The van der Waals surface area contributed by atoms with Gasteiger partial charge in [0.1, 0.15) is 5.01 Å². The van der Waals surface area contributed by atoms with Crippen LogP contribution in [-0.4, -0.2) is 42.6 Å². The second-order valence-corrected chi connectivity index (χ2v) is 7.39. The van der Waals surface area contributed by atoms with Crippen molar-refractivity contribution in [2.75, 3.05) is 20.8 Å². The third-order valence-electron chi connectivity index (χ3n) is 4.93. The van der Waals surface area contributed by atoms with Gasteiger partial charge in [-0.1, -0.05) is 6.92 Å². The Bertz CT molecular complexity index is 759. The molecule has 1 aliphatic rings. The Kier molecular flexibility index (Phi) is 6.14. The minimum atomic E-state index is 0.195. The molecule has 1 unspecified atom stereocenters. The number of aromatic nitrogens is 1. The van der Waals surface area contributed by atoms with E-state index in [-0.39, 0.29) is 5.91 Å². The van der Waals surface area contributed by atoms with E-state index in [1.807, 2.05) is 23.6 Å². The number of ether oxygens (including phenoxy) is 2. The van der Waals surface area contributed by atoms with Crippen LogP contribution in [0.5, 0.6) is 11.5 Å². The second-order valence-electron chi connectivity index (χ2n) is 6.54. The number of methoxy groups -OCH3 is 2. The third kappa shape index (κ3) is 4.01. The van der Waals surface area contributed by atoms with Crippen molar-refractivity contribution in [1.82, 2.24) is 9.88 Å². The highest BCUT2D eigenvalue weighted by Gasteiger charge is 2.25. The summed E-state index contributed by atoms with van der Waals surface area (Å²) in [5.74, 6) is 1.57. The lowest BCUT2D eigenvalue weighted by Crippen LogP contribution is -2.44. The van der Waals surface area contributed by atoms with Crippen LogP contribution in [0.3, 0.4) is 0 Å². The van der Waals surface area contributed by atoms with Crippen LogP contribution in [0.4, 0.5) is 0 Å².